The molecule has 492 valence electrons. The zero-order valence-electron chi connectivity index (χ0n) is 57.7. The SMILES string of the molecule is Cc1ccccc1N1c2cc3c(cc2B2c4ccccc4N(c4c(-c5ccccc5)cccc4-c4ccccc4)c4cc(N(c5ccccc5)c5c(-c6ccccc6)cccc5-c5ccccc5)cc1c42)B1c2ccccc2N(c2ccccc2)c2cc(N(c4ccccc4)c4ccccc4)cc(c21)S3. The average molecular weight is 1360 g/mol. The van der Waals surface area contributed by atoms with E-state index in [2.05, 4.69) is 420 Å². The van der Waals surface area contributed by atoms with Gasteiger partial charge in [-0.3, -0.25) is 0 Å². The predicted molar refractivity (Wildman–Crippen MR) is 446 cm³/mol. The number of nitrogens with zero attached hydrogens (tertiary/aromatic N) is 5. The van der Waals surface area contributed by atoms with Crippen molar-refractivity contribution in [3.05, 3.63) is 394 Å². The zero-order chi connectivity index (χ0) is 69.5. The quantitative estimate of drug-likeness (QED) is 0.106. The molecule has 0 unspecified atom stereocenters. The van der Waals surface area contributed by atoms with Crippen LogP contribution in [0, 0.1) is 6.92 Å². The normalized spacial score (nSPS) is 12.7. The Morgan fingerprint density at radius 1 is 0.248 bits per heavy atom. The maximum atomic E-state index is 2.66. The summed E-state index contributed by atoms with van der Waals surface area (Å²) in [5.74, 6) is 0. The van der Waals surface area contributed by atoms with Crippen LogP contribution in [-0.2, 0) is 0 Å². The molecule has 4 heterocycles. The molecule has 0 N–H and O–H groups in total. The van der Waals surface area contributed by atoms with Gasteiger partial charge in [0.25, 0.3) is 6.71 Å². The Bertz CT molecular complexity index is 5840. The maximum Gasteiger partial charge on any atom is 0.252 e. The number of rotatable bonds is 13. The molecular formula is C97H67B2N5S. The van der Waals surface area contributed by atoms with Gasteiger partial charge in [-0.05, 0) is 159 Å². The molecule has 4 aliphatic rings. The van der Waals surface area contributed by atoms with Crippen molar-refractivity contribution in [2.45, 2.75) is 16.7 Å². The highest BCUT2D eigenvalue weighted by Gasteiger charge is 2.48. The van der Waals surface area contributed by atoms with E-state index in [1.54, 1.807) is 0 Å². The van der Waals surface area contributed by atoms with E-state index in [1.807, 2.05) is 11.8 Å². The summed E-state index contributed by atoms with van der Waals surface area (Å²) in [5, 5.41) is 0. The first-order valence-corrected chi connectivity index (χ1v) is 37.0. The summed E-state index contributed by atoms with van der Waals surface area (Å²) in [6, 6.07) is 144. The van der Waals surface area contributed by atoms with Crippen LogP contribution >= 0.6 is 11.8 Å². The number of para-hydroxylation sites is 9. The predicted octanol–water partition coefficient (Wildman–Crippen LogP) is 22.4. The van der Waals surface area contributed by atoms with Crippen LogP contribution in [0.4, 0.5) is 85.3 Å². The third kappa shape index (κ3) is 10.3. The zero-order valence-corrected chi connectivity index (χ0v) is 58.6. The summed E-state index contributed by atoms with van der Waals surface area (Å²) in [5.41, 5.74) is 34.4. The third-order valence-corrected chi connectivity index (χ3v) is 22.7. The van der Waals surface area contributed by atoms with E-state index in [1.165, 1.54) is 59.5 Å². The molecule has 0 fully saturated rings. The minimum atomic E-state index is -0.235. The van der Waals surface area contributed by atoms with Crippen molar-refractivity contribution in [2.24, 2.45) is 0 Å². The summed E-state index contributed by atoms with van der Waals surface area (Å²) in [4.78, 5) is 15.3. The van der Waals surface area contributed by atoms with Gasteiger partial charge in [0.05, 0.1) is 17.1 Å². The number of benzene rings is 16. The molecule has 0 aliphatic carbocycles. The van der Waals surface area contributed by atoms with Crippen molar-refractivity contribution < 1.29 is 0 Å². The Kier molecular flexibility index (Phi) is 15.2. The molecule has 0 atom stereocenters. The van der Waals surface area contributed by atoms with Gasteiger partial charge in [0.2, 0.25) is 6.71 Å². The maximum absolute atomic E-state index is 2.66. The molecule has 0 bridgehead atoms. The number of hydrogen-bond donors (Lipinski definition) is 0. The van der Waals surface area contributed by atoms with Crippen LogP contribution in [0.5, 0.6) is 0 Å². The van der Waals surface area contributed by atoms with E-state index in [0.717, 1.165) is 118 Å². The summed E-state index contributed by atoms with van der Waals surface area (Å²) >= 11 is 1.91. The van der Waals surface area contributed by atoms with E-state index < -0.39 is 0 Å². The first kappa shape index (κ1) is 61.8. The minimum Gasteiger partial charge on any atom is -0.311 e. The summed E-state index contributed by atoms with van der Waals surface area (Å²) < 4.78 is 0. The molecule has 0 aromatic heterocycles. The molecule has 0 saturated heterocycles. The Balaban J connectivity index is 0.909. The Morgan fingerprint density at radius 2 is 0.638 bits per heavy atom. The van der Waals surface area contributed by atoms with Gasteiger partial charge in [-0.25, -0.2) is 0 Å². The highest BCUT2D eigenvalue weighted by Crippen LogP contribution is 2.56. The first-order chi connectivity index (χ1) is 52.1. The lowest BCUT2D eigenvalue weighted by atomic mass is 9.31. The second kappa shape index (κ2) is 25.8. The van der Waals surface area contributed by atoms with Gasteiger partial charge < -0.3 is 24.5 Å². The van der Waals surface area contributed by atoms with E-state index in [4.69, 9.17) is 0 Å². The average Bonchev–Trinajstić information content (AvgIpc) is 0.687. The number of anilines is 15. The molecule has 0 radical (unpaired) electrons. The fourth-order valence-corrected chi connectivity index (χ4v) is 18.3. The molecule has 0 saturated carbocycles. The van der Waals surface area contributed by atoms with Crippen LogP contribution in [0.2, 0.25) is 0 Å². The molecule has 0 amide bonds. The molecule has 0 spiro atoms. The van der Waals surface area contributed by atoms with Crippen molar-refractivity contribution >= 4 is 143 Å². The van der Waals surface area contributed by atoms with Crippen molar-refractivity contribution in [2.75, 3.05) is 24.5 Å². The lowest BCUT2D eigenvalue weighted by Crippen LogP contribution is -2.64. The monoisotopic (exact) mass is 1360 g/mol. The van der Waals surface area contributed by atoms with Gasteiger partial charge in [-0.15, -0.1) is 0 Å². The minimum absolute atomic E-state index is 0.122. The summed E-state index contributed by atoms with van der Waals surface area (Å²) in [7, 11) is 0. The van der Waals surface area contributed by atoms with Crippen molar-refractivity contribution in [3.63, 3.8) is 0 Å². The van der Waals surface area contributed by atoms with Crippen LogP contribution in [0.15, 0.2) is 398 Å². The van der Waals surface area contributed by atoms with E-state index >= 15 is 0 Å². The first-order valence-electron chi connectivity index (χ1n) is 36.2. The molecule has 4 aliphatic heterocycles. The van der Waals surface area contributed by atoms with Crippen molar-refractivity contribution in [1.29, 1.82) is 0 Å². The third-order valence-electron chi connectivity index (χ3n) is 21.5. The van der Waals surface area contributed by atoms with E-state index in [0.29, 0.717) is 0 Å². The smallest absolute Gasteiger partial charge is 0.252 e. The second-order valence-electron chi connectivity index (χ2n) is 27.5. The standard InChI is InChI=1S/C97H67B2N5S/c1-66-34-26-29-57-85(66)103-88-65-92-84(99-81-55-27-30-58-86(81)102(74-49-24-9-25-50-74)91-62-76(63-93(105-92)95(91)99)100(71-43-18-6-19-44-71)72-45-20-7-21-46-72)64-83(88)98-82-56-28-31-59-87(82)104(97-79(69-39-14-4-15-40-69)53-33-54-80(97)70-41-16-5-17-42-70)90-61-75(60-89(103)94(90)98)101(73-47-22-8-23-48-73)96-77(67-35-10-2-11-36-67)51-32-52-78(96)68-37-12-3-13-38-68/h2-65H,1H3. The van der Waals surface area contributed by atoms with Crippen LogP contribution in [0.1, 0.15) is 5.56 Å². The number of hydrogen-bond acceptors (Lipinski definition) is 6. The molecule has 16 aromatic rings. The topological polar surface area (TPSA) is 16.2 Å². The summed E-state index contributed by atoms with van der Waals surface area (Å²) in [6.07, 6.45) is 0. The van der Waals surface area contributed by atoms with E-state index in [-0.39, 0.29) is 13.4 Å². The number of fused-ring (bicyclic) bond motifs is 8. The van der Waals surface area contributed by atoms with Crippen LogP contribution < -0.4 is 57.3 Å². The van der Waals surface area contributed by atoms with Crippen LogP contribution in [-0.4, -0.2) is 13.4 Å². The van der Waals surface area contributed by atoms with Gasteiger partial charge in [0.15, 0.2) is 0 Å². The highest BCUT2D eigenvalue weighted by molar-refractivity contribution is 8.00. The van der Waals surface area contributed by atoms with Gasteiger partial charge in [0, 0.05) is 100 Å². The molecule has 5 nitrogen and oxygen atoms in total. The fraction of sp³-hybridized carbons (Fsp3) is 0.0103. The molecule has 16 aromatic carbocycles. The Morgan fingerprint density at radius 3 is 1.15 bits per heavy atom. The van der Waals surface area contributed by atoms with Gasteiger partial charge >= 0.3 is 0 Å². The lowest BCUT2D eigenvalue weighted by molar-refractivity contribution is 1.21. The Hall–Kier alpha value is -13.0. The largest absolute Gasteiger partial charge is 0.311 e. The van der Waals surface area contributed by atoms with Gasteiger partial charge in [0.1, 0.15) is 0 Å². The van der Waals surface area contributed by atoms with Crippen LogP contribution in [0.3, 0.4) is 0 Å². The lowest BCUT2D eigenvalue weighted by Gasteiger charge is -2.47. The second-order valence-corrected chi connectivity index (χ2v) is 28.6. The molecule has 20 rings (SSSR count). The van der Waals surface area contributed by atoms with Crippen LogP contribution in [0.25, 0.3) is 44.5 Å². The molecular weight excluding hydrogens is 1290 g/mol. The fourth-order valence-electron chi connectivity index (χ4n) is 17.1. The Labute approximate surface area is 618 Å². The van der Waals surface area contributed by atoms with Crippen molar-refractivity contribution in [3.8, 4) is 44.5 Å². The summed E-state index contributed by atoms with van der Waals surface area (Å²) in [6.45, 7) is 1.93. The van der Waals surface area contributed by atoms with E-state index in [9.17, 15) is 0 Å². The number of aryl methyl sites for hydroxylation is 1. The highest BCUT2D eigenvalue weighted by atomic mass is 32.2. The van der Waals surface area contributed by atoms with Gasteiger partial charge in [-0.2, -0.15) is 0 Å². The van der Waals surface area contributed by atoms with Gasteiger partial charge in [-0.1, -0.05) is 308 Å². The molecule has 8 heteroatoms. The molecule has 105 heavy (non-hydrogen) atoms. The van der Waals surface area contributed by atoms with Crippen molar-refractivity contribution in [1.82, 2.24) is 0 Å².